The van der Waals surface area contributed by atoms with Crippen LogP contribution in [0.15, 0.2) is 42.7 Å². The molecule has 5 heterocycles. The van der Waals surface area contributed by atoms with Crippen LogP contribution in [0.3, 0.4) is 0 Å². The number of hydrogen-bond donors (Lipinski definition) is 0. The summed E-state index contributed by atoms with van der Waals surface area (Å²) in [6.45, 7) is 3.92. The second kappa shape index (κ2) is 8.55. The van der Waals surface area contributed by atoms with Crippen molar-refractivity contribution in [1.29, 1.82) is 0 Å². The quantitative estimate of drug-likeness (QED) is 0.581. The molecule has 0 saturated carbocycles. The van der Waals surface area contributed by atoms with Crippen molar-refractivity contribution in [2.75, 3.05) is 24.7 Å². The first-order valence-corrected chi connectivity index (χ1v) is 10.6. The van der Waals surface area contributed by atoms with Gasteiger partial charge in [-0.15, -0.1) is 0 Å². The molecule has 160 valence electrons. The molecule has 0 spiro atoms. The molecule has 7 nitrogen and oxygen atoms in total. The Morgan fingerprint density at radius 3 is 2.97 bits per heavy atom. The first kappa shape index (κ1) is 19.8. The van der Waals surface area contributed by atoms with Crippen molar-refractivity contribution in [3.05, 3.63) is 59.9 Å². The summed E-state index contributed by atoms with van der Waals surface area (Å²) >= 11 is 0. The van der Waals surface area contributed by atoms with Gasteiger partial charge in [-0.2, -0.15) is 4.39 Å². The molecule has 0 bridgehead atoms. The number of halogens is 1. The minimum atomic E-state index is -0.556. The minimum Gasteiger partial charge on any atom is -0.491 e. The van der Waals surface area contributed by atoms with Gasteiger partial charge in [0.25, 0.3) is 0 Å². The van der Waals surface area contributed by atoms with Gasteiger partial charge in [0.2, 0.25) is 5.95 Å². The molecular formula is C23H24FN5O2. The van der Waals surface area contributed by atoms with Crippen LogP contribution in [0.4, 0.5) is 10.2 Å². The Kier molecular flexibility index (Phi) is 5.46. The molecule has 2 aliphatic heterocycles. The van der Waals surface area contributed by atoms with Crippen molar-refractivity contribution in [3.8, 4) is 17.3 Å². The van der Waals surface area contributed by atoms with Crippen molar-refractivity contribution in [1.82, 2.24) is 19.9 Å². The van der Waals surface area contributed by atoms with E-state index in [2.05, 4.69) is 26.8 Å². The van der Waals surface area contributed by atoms with Crippen molar-refractivity contribution in [3.63, 3.8) is 0 Å². The third-order valence-corrected chi connectivity index (χ3v) is 5.81. The predicted octanol–water partition coefficient (Wildman–Crippen LogP) is 3.75. The van der Waals surface area contributed by atoms with Crippen LogP contribution in [-0.4, -0.2) is 45.8 Å². The van der Waals surface area contributed by atoms with Gasteiger partial charge < -0.3 is 14.4 Å². The highest BCUT2D eigenvalue weighted by atomic mass is 19.1. The third-order valence-electron chi connectivity index (χ3n) is 5.81. The summed E-state index contributed by atoms with van der Waals surface area (Å²) in [5.41, 5.74) is 2.75. The SMILES string of the molecule is CC1c2cnc(-c3ccccn3)nc2CCN1c1cc(OCC2CCCO2)cc(F)n1. The summed E-state index contributed by atoms with van der Waals surface area (Å²) in [7, 11) is 0. The maximum atomic E-state index is 14.3. The van der Waals surface area contributed by atoms with E-state index in [1.165, 1.54) is 6.07 Å². The zero-order chi connectivity index (χ0) is 21.2. The fourth-order valence-electron chi connectivity index (χ4n) is 4.15. The summed E-state index contributed by atoms with van der Waals surface area (Å²) < 4.78 is 25.7. The summed E-state index contributed by atoms with van der Waals surface area (Å²) in [5, 5.41) is 0. The Bertz CT molecular complexity index is 1060. The van der Waals surface area contributed by atoms with Gasteiger partial charge in [-0.3, -0.25) is 4.98 Å². The highest BCUT2D eigenvalue weighted by molar-refractivity contribution is 5.52. The molecule has 0 N–H and O–H groups in total. The van der Waals surface area contributed by atoms with Crippen LogP contribution >= 0.6 is 0 Å². The number of pyridine rings is 2. The maximum Gasteiger partial charge on any atom is 0.218 e. The molecule has 0 aromatic carbocycles. The van der Waals surface area contributed by atoms with E-state index in [9.17, 15) is 4.39 Å². The average Bonchev–Trinajstić information content (AvgIpc) is 3.32. The van der Waals surface area contributed by atoms with Gasteiger partial charge in [-0.25, -0.2) is 15.0 Å². The van der Waals surface area contributed by atoms with Gasteiger partial charge in [-0.1, -0.05) is 6.07 Å². The van der Waals surface area contributed by atoms with E-state index in [0.29, 0.717) is 37.0 Å². The van der Waals surface area contributed by atoms with Gasteiger partial charge >= 0.3 is 0 Å². The normalized spacial score (nSPS) is 20.5. The number of rotatable bonds is 5. The van der Waals surface area contributed by atoms with Crippen LogP contribution in [-0.2, 0) is 11.2 Å². The summed E-state index contributed by atoms with van der Waals surface area (Å²) in [4.78, 5) is 19.8. The van der Waals surface area contributed by atoms with E-state index in [4.69, 9.17) is 14.5 Å². The monoisotopic (exact) mass is 421 g/mol. The summed E-state index contributed by atoms with van der Waals surface area (Å²) in [6.07, 6.45) is 6.38. The smallest absolute Gasteiger partial charge is 0.218 e. The Balaban J connectivity index is 1.36. The number of anilines is 1. The molecule has 5 rings (SSSR count). The van der Waals surface area contributed by atoms with Crippen LogP contribution in [0, 0.1) is 5.95 Å². The molecule has 0 amide bonds. The van der Waals surface area contributed by atoms with Gasteiger partial charge in [0.1, 0.15) is 23.9 Å². The lowest BCUT2D eigenvalue weighted by Gasteiger charge is -2.35. The average molecular weight is 421 g/mol. The Hall–Kier alpha value is -3.13. The van der Waals surface area contributed by atoms with Gasteiger partial charge in [0.05, 0.1) is 17.8 Å². The largest absolute Gasteiger partial charge is 0.491 e. The van der Waals surface area contributed by atoms with E-state index in [0.717, 1.165) is 36.4 Å². The third kappa shape index (κ3) is 4.20. The lowest BCUT2D eigenvalue weighted by atomic mass is 9.99. The number of fused-ring (bicyclic) bond motifs is 1. The van der Waals surface area contributed by atoms with E-state index < -0.39 is 5.95 Å². The van der Waals surface area contributed by atoms with E-state index in [1.54, 1.807) is 12.3 Å². The fourth-order valence-corrected chi connectivity index (χ4v) is 4.15. The first-order valence-electron chi connectivity index (χ1n) is 10.6. The lowest BCUT2D eigenvalue weighted by molar-refractivity contribution is 0.0678. The molecule has 1 saturated heterocycles. The minimum absolute atomic E-state index is 0.0400. The zero-order valence-corrected chi connectivity index (χ0v) is 17.4. The van der Waals surface area contributed by atoms with Crippen LogP contribution in [0.25, 0.3) is 11.5 Å². The molecule has 3 aromatic rings. The van der Waals surface area contributed by atoms with Gasteiger partial charge in [0, 0.05) is 49.7 Å². The Labute approximate surface area is 180 Å². The van der Waals surface area contributed by atoms with Crippen LogP contribution < -0.4 is 9.64 Å². The molecule has 3 aromatic heterocycles. The van der Waals surface area contributed by atoms with E-state index in [1.807, 2.05) is 24.4 Å². The molecule has 2 aliphatic rings. The number of ether oxygens (including phenoxy) is 2. The van der Waals surface area contributed by atoms with Crippen LogP contribution in [0.5, 0.6) is 5.75 Å². The number of nitrogens with zero attached hydrogens (tertiary/aromatic N) is 5. The van der Waals surface area contributed by atoms with E-state index in [-0.39, 0.29) is 12.1 Å². The Morgan fingerprint density at radius 1 is 1.23 bits per heavy atom. The van der Waals surface area contributed by atoms with Crippen molar-refractivity contribution in [2.24, 2.45) is 0 Å². The second-order valence-corrected chi connectivity index (χ2v) is 7.86. The standard InChI is InChI=1S/C23H24FN5O2/c1-15-18-13-26-23(20-6-2-3-8-25-20)27-19(18)7-9-29(15)22-12-17(11-21(24)28-22)31-14-16-5-4-10-30-16/h2-3,6,8,11-13,15-16H,4-5,7,9-10,14H2,1H3. The molecule has 1 fully saturated rings. The number of hydrogen-bond acceptors (Lipinski definition) is 7. The maximum absolute atomic E-state index is 14.3. The molecule has 31 heavy (non-hydrogen) atoms. The topological polar surface area (TPSA) is 73.3 Å². The molecule has 0 radical (unpaired) electrons. The van der Waals surface area contributed by atoms with Crippen molar-refractivity contribution in [2.45, 2.75) is 38.3 Å². The molecule has 0 aliphatic carbocycles. The molecule has 2 unspecified atom stereocenters. The van der Waals surface area contributed by atoms with Gasteiger partial charge in [0.15, 0.2) is 5.82 Å². The Morgan fingerprint density at radius 2 is 2.16 bits per heavy atom. The summed E-state index contributed by atoms with van der Waals surface area (Å²) in [5.74, 6) is 1.08. The van der Waals surface area contributed by atoms with Crippen molar-refractivity contribution < 1.29 is 13.9 Å². The molecule has 2 atom stereocenters. The predicted molar refractivity (Wildman–Crippen MR) is 113 cm³/mol. The second-order valence-electron chi connectivity index (χ2n) is 7.86. The van der Waals surface area contributed by atoms with Gasteiger partial charge in [-0.05, 0) is 31.9 Å². The van der Waals surface area contributed by atoms with Crippen LogP contribution in [0.2, 0.25) is 0 Å². The fraction of sp³-hybridized carbons (Fsp3) is 0.391. The lowest BCUT2D eigenvalue weighted by Crippen LogP contribution is -2.35. The van der Waals surface area contributed by atoms with Crippen molar-refractivity contribution >= 4 is 5.82 Å². The highest BCUT2D eigenvalue weighted by Crippen LogP contribution is 2.33. The molecular weight excluding hydrogens is 397 g/mol. The zero-order valence-electron chi connectivity index (χ0n) is 17.4. The number of aromatic nitrogens is 4. The summed E-state index contributed by atoms with van der Waals surface area (Å²) in [6, 6.07) is 8.76. The van der Waals surface area contributed by atoms with E-state index >= 15 is 0 Å². The highest BCUT2D eigenvalue weighted by Gasteiger charge is 2.28. The first-order chi connectivity index (χ1) is 15.2. The van der Waals surface area contributed by atoms with Crippen LogP contribution in [0.1, 0.15) is 37.1 Å². The molecule has 8 heteroatoms.